The van der Waals surface area contributed by atoms with Crippen molar-refractivity contribution in [2.45, 2.75) is 16.3 Å². The zero-order chi connectivity index (χ0) is 23.2. The number of benzene rings is 1. The minimum atomic E-state index is -4.12. The van der Waals surface area contributed by atoms with Crippen molar-refractivity contribution in [1.82, 2.24) is 18.9 Å². The second-order valence-electron chi connectivity index (χ2n) is 7.34. The van der Waals surface area contributed by atoms with Crippen LogP contribution in [0.2, 0.25) is 5.02 Å². The molecule has 164 valence electrons. The average Bonchev–Trinajstić information content (AvgIpc) is 2.82. The summed E-state index contributed by atoms with van der Waals surface area (Å²) in [6.45, 7) is 0.136. The van der Waals surface area contributed by atoms with Crippen LogP contribution in [0.15, 0.2) is 93.8 Å². The Balaban J connectivity index is 1.88. The summed E-state index contributed by atoms with van der Waals surface area (Å²) in [6.07, 6.45) is 4.78. The van der Waals surface area contributed by atoms with E-state index in [0.717, 1.165) is 5.56 Å². The summed E-state index contributed by atoms with van der Waals surface area (Å²) in [4.78, 5) is 21.6. The first-order valence-electron chi connectivity index (χ1n) is 9.85. The maximum atomic E-state index is 13.5. The van der Waals surface area contributed by atoms with E-state index in [-0.39, 0.29) is 32.9 Å². The largest absolute Gasteiger partial charge is 0.305 e. The third-order valence-electron chi connectivity index (χ3n) is 5.29. The summed E-state index contributed by atoms with van der Waals surface area (Å²) in [7, 11) is -4.12. The van der Waals surface area contributed by atoms with E-state index in [0.29, 0.717) is 10.7 Å². The van der Waals surface area contributed by atoms with Crippen LogP contribution in [-0.2, 0) is 16.4 Å². The van der Waals surface area contributed by atoms with Crippen LogP contribution in [0.1, 0.15) is 5.56 Å². The van der Waals surface area contributed by atoms with Crippen LogP contribution in [0.5, 0.6) is 0 Å². The third kappa shape index (κ3) is 3.61. The first-order valence-corrected chi connectivity index (χ1v) is 11.7. The van der Waals surface area contributed by atoms with Gasteiger partial charge >= 0.3 is 0 Å². The number of hydrogen-bond donors (Lipinski definition) is 1. The van der Waals surface area contributed by atoms with Gasteiger partial charge in [0, 0.05) is 23.6 Å². The van der Waals surface area contributed by atoms with Gasteiger partial charge in [-0.1, -0.05) is 17.7 Å². The fourth-order valence-corrected chi connectivity index (χ4v) is 5.14. The van der Waals surface area contributed by atoms with Gasteiger partial charge < -0.3 is 4.57 Å². The van der Waals surface area contributed by atoms with Crippen LogP contribution in [-0.4, -0.2) is 27.4 Å². The van der Waals surface area contributed by atoms with Gasteiger partial charge in [0.2, 0.25) is 9.84 Å². The predicted octanol–water partition coefficient (Wildman–Crippen LogP) is 3.06. The number of sulfone groups is 1. The maximum Gasteiger partial charge on any atom is 0.267 e. The predicted molar refractivity (Wildman–Crippen MR) is 123 cm³/mol. The summed E-state index contributed by atoms with van der Waals surface area (Å²) in [5, 5.41) is 9.28. The van der Waals surface area contributed by atoms with Crippen LogP contribution in [0.4, 0.5) is 0 Å². The molecule has 0 saturated heterocycles. The molecule has 4 heterocycles. The molecular weight excluding hydrogens is 462 g/mol. The molecule has 0 spiro atoms. The molecule has 0 saturated carbocycles. The molecule has 0 fully saturated rings. The summed E-state index contributed by atoms with van der Waals surface area (Å²) >= 11 is 5.92. The van der Waals surface area contributed by atoms with Gasteiger partial charge in [-0.15, -0.1) is 0 Å². The van der Waals surface area contributed by atoms with Gasteiger partial charge in [-0.05, 0) is 60.2 Å². The Morgan fingerprint density at radius 1 is 1.00 bits per heavy atom. The van der Waals surface area contributed by atoms with Gasteiger partial charge in [0.15, 0.2) is 0 Å². The minimum absolute atomic E-state index is 0.0240. The quantitative estimate of drug-likeness (QED) is 0.400. The highest BCUT2D eigenvalue weighted by Gasteiger charge is 2.24. The van der Waals surface area contributed by atoms with Gasteiger partial charge in [-0.3, -0.25) is 19.6 Å². The molecule has 0 aliphatic heterocycles. The van der Waals surface area contributed by atoms with Crippen molar-refractivity contribution < 1.29 is 8.42 Å². The molecule has 8 nitrogen and oxygen atoms in total. The van der Waals surface area contributed by atoms with E-state index in [1.165, 1.54) is 39.3 Å². The SMILES string of the molecule is N=c1c(S(=O)(=O)c2ccc(Cl)cc2)cc2c(=O)n3ccccc3nc2n1Cc1ccncc1. The summed E-state index contributed by atoms with van der Waals surface area (Å²) < 4.78 is 29.7. The molecule has 0 amide bonds. The van der Waals surface area contributed by atoms with Crippen molar-refractivity contribution in [3.05, 3.63) is 106 Å². The maximum absolute atomic E-state index is 13.5. The summed E-state index contributed by atoms with van der Waals surface area (Å²) in [6, 6.07) is 15.6. The molecule has 0 atom stereocenters. The first-order chi connectivity index (χ1) is 15.9. The molecule has 4 aromatic heterocycles. The van der Waals surface area contributed by atoms with Gasteiger partial charge in [0.05, 0.1) is 16.8 Å². The van der Waals surface area contributed by atoms with Gasteiger partial charge in [-0.25, -0.2) is 13.4 Å². The zero-order valence-electron chi connectivity index (χ0n) is 17.0. The fourth-order valence-electron chi connectivity index (χ4n) is 3.63. The molecule has 0 bridgehead atoms. The molecule has 10 heteroatoms. The fraction of sp³-hybridized carbons (Fsp3) is 0.0435. The average molecular weight is 478 g/mol. The molecule has 0 aliphatic rings. The Morgan fingerprint density at radius 3 is 2.45 bits per heavy atom. The second kappa shape index (κ2) is 7.95. The molecule has 0 radical (unpaired) electrons. The van der Waals surface area contributed by atoms with Crippen LogP contribution >= 0.6 is 11.6 Å². The lowest BCUT2D eigenvalue weighted by Crippen LogP contribution is -2.30. The molecule has 1 N–H and O–H groups in total. The van der Waals surface area contributed by atoms with Crippen molar-refractivity contribution in [2.75, 3.05) is 0 Å². The van der Waals surface area contributed by atoms with Crippen molar-refractivity contribution in [2.24, 2.45) is 0 Å². The number of hydrogen-bond acceptors (Lipinski definition) is 6. The number of aromatic nitrogens is 4. The van der Waals surface area contributed by atoms with E-state index >= 15 is 0 Å². The summed E-state index contributed by atoms with van der Waals surface area (Å²) in [5.74, 6) is 0. The Bertz CT molecular complexity index is 1750. The topological polar surface area (TPSA) is 110 Å². The molecule has 5 rings (SSSR count). The molecule has 0 aliphatic carbocycles. The van der Waals surface area contributed by atoms with Gasteiger partial charge in [-0.2, -0.15) is 0 Å². The van der Waals surface area contributed by atoms with Crippen molar-refractivity contribution in [1.29, 1.82) is 5.41 Å². The number of nitrogens with zero attached hydrogens (tertiary/aromatic N) is 4. The zero-order valence-corrected chi connectivity index (χ0v) is 18.6. The Morgan fingerprint density at radius 2 is 1.73 bits per heavy atom. The van der Waals surface area contributed by atoms with Crippen LogP contribution in [0.3, 0.4) is 0 Å². The highest BCUT2D eigenvalue weighted by molar-refractivity contribution is 7.91. The smallest absolute Gasteiger partial charge is 0.267 e. The highest BCUT2D eigenvalue weighted by atomic mass is 35.5. The third-order valence-corrected chi connectivity index (χ3v) is 7.32. The van der Waals surface area contributed by atoms with Crippen LogP contribution in [0.25, 0.3) is 16.7 Å². The number of pyridine rings is 3. The Hall–Kier alpha value is -3.82. The lowest BCUT2D eigenvalue weighted by atomic mass is 10.2. The number of halogens is 1. The molecule has 1 aromatic carbocycles. The standard InChI is InChI=1S/C23H16ClN5O3S/c24-16-4-6-17(7-5-16)33(31,32)19-13-18-22(27-20-3-1-2-12-28(20)23(18)30)29(21(19)25)14-15-8-10-26-11-9-15/h1-13,25H,14H2. The molecular formula is C23H16ClN5O3S. The van der Waals surface area contributed by atoms with E-state index < -0.39 is 15.4 Å². The van der Waals surface area contributed by atoms with Crippen LogP contribution in [0, 0.1) is 5.41 Å². The molecule has 33 heavy (non-hydrogen) atoms. The number of fused-ring (bicyclic) bond motifs is 2. The van der Waals surface area contributed by atoms with E-state index in [9.17, 15) is 13.2 Å². The Kier molecular flexibility index (Phi) is 5.07. The van der Waals surface area contributed by atoms with E-state index in [2.05, 4.69) is 9.97 Å². The van der Waals surface area contributed by atoms with E-state index in [1.54, 1.807) is 48.9 Å². The Labute approximate surface area is 192 Å². The number of rotatable bonds is 4. The summed E-state index contributed by atoms with van der Waals surface area (Å²) in [5.41, 5.74) is 0.697. The van der Waals surface area contributed by atoms with Crippen molar-refractivity contribution in [3.63, 3.8) is 0 Å². The molecule has 0 unspecified atom stereocenters. The first kappa shape index (κ1) is 21.0. The van der Waals surface area contributed by atoms with Crippen molar-refractivity contribution >= 4 is 38.1 Å². The highest BCUT2D eigenvalue weighted by Crippen LogP contribution is 2.22. The lowest BCUT2D eigenvalue weighted by Gasteiger charge is -2.15. The number of nitrogens with one attached hydrogen (secondary N) is 1. The van der Waals surface area contributed by atoms with E-state index in [4.69, 9.17) is 17.0 Å². The monoisotopic (exact) mass is 477 g/mol. The van der Waals surface area contributed by atoms with Crippen LogP contribution < -0.4 is 11.0 Å². The minimum Gasteiger partial charge on any atom is -0.305 e. The van der Waals surface area contributed by atoms with Gasteiger partial charge in [0.1, 0.15) is 21.7 Å². The normalized spacial score (nSPS) is 11.8. The van der Waals surface area contributed by atoms with Gasteiger partial charge in [0.25, 0.3) is 5.56 Å². The van der Waals surface area contributed by atoms with E-state index in [1.807, 2.05) is 0 Å². The lowest BCUT2D eigenvalue weighted by molar-refractivity contribution is 0.591. The van der Waals surface area contributed by atoms with Crippen molar-refractivity contribution in [3.8, 4) is 0 Å². The second-order valence-corrected chi connectivity index (χ2v) is 9.69. The molecule has 5 aromatic rings.